The van der Waals surface area contributed by atoms with Crippen molar-refractivity contribution in [2.75, 3.05) is 22.5 Å². The fourth-order valence-corrected chi connectivity index (χ4v) is 8.52. The predicted octanol–water partition coefficient (Wildman–Crippen LogP) is 2.22. The fraction of sp³-hybridized carbons (Fsp3) is 0.259. The highest BCUT2D eigenvalue weighted by Gasteiger charge is 2.54. The Morgan fingerprint density at radius 2 is 1.82 bits per heavy atom. The van der Waals surface area contributed by atoms with Gasteiger partial charge in [0, 0.05) is 11.5 Å². The van der Waals surface area contributed by atoms with Gasteiger partial charge in [0.05, 0.1) is 17.5 Å². The van der Waals surface area contributed by atoms with Crippen LogP contribution in [0, 0.1) is 6.92 Å². The van der Waals surface area contributed by atoms with Gasteiger partial charge in [0.25, 0.3) is 11.8 Å². The van der Waals surface area contributed by atoms with Gasteiger partial charge in [-0.3, -0.25) is 24.0 Å². The summed E-state index contributed by atoms with van der Waals surface area (Å²) in [6.45, 7) is 1.82. The fourth-order valence-electron chi connectivity index (χ4n) is 4.64. The zero-order chi connectivity index (χ0) is 31.6. The van der Waals surface area contributed by atoms with Crippen LogP contribution in [0.4, 0.5) is 5.69 Å². The molecule has 13 nitrogen and oxygen atoms in total. The number of aliphatic carboxylic acids is 1. The summed E-state index contributed by atoms with van der Waals surface area (Å²) in [4.78, 5) is 53.7. The Hall–Kier alpha value is -3.93. The topological polar surface area (TPSA) is 188 Å². The van der Waals surface area contributed by atoms with Gasteiger partial charge in [-0.1, -0.05) is 65.6 Å². The number of carbonyl (C=O) groups excluding carboxylic acids is 3. The highest BCUT2D eigenvalue weighted by atomic mass is 32.2. The van der Waals surface area contributed by atoms with E-state index >= 15 is 0 Å². The first-order valence-corrected chi connectivity index (χ1v) is 17.7. The van der Waals surface area contributed by atoms with Crippen LogP contribution in [0.25, 0.3) is 0 Å². The number of nitrogens with one attached hydrogen (secondary N) is 3. The third kappa shape index (κ3) is 6.90. The van der Waals surface area contributed by atoms with Gasteiger partial charge in [0.1, 0.15) is 28.2 Å². The predicted molar refractivity (Wildman–Crippen MR) is 167 cm³/mol. The lowest BCUT2D eigenvalue weighted by Crippen LogP contribution is -2.71. The molecule has 2 aliphatic heterocycles. The second-order valence-electron chi connectivity index (χ2n) is 9.77. The van der Waals surface area contributed by atoms with Crippen molar-refractivity contribution in [3.05, 3.63) is 82.0 Å². The van der Waals surface area contributed by atoms with Crippen LogP contribution >= 0.6 is 34.9 Å². The van der Waals surface area contributed by atoms with Crippen LogP contribution in [0.15, 0.2) is 70.2 Å². The van der Waals surface area contributed by atoms with Gasteiger partial charge in [-0.25, -0.2) is 13.2 Å². The molecule has 0 aliphatic carbocycles. The van der Waals surface area contributed by atoms with E-state index in [1.165, 1.54) is 51.9 Å². The highest BCUT2D eigenvalue weighted by Crippen LogP contribution is 2.42. The number of carboxylic acid groups (broad SMARTS) is 1. The standard InChI is InChI=1S/C27H26N6O7S4/c1-14-30-31-27(43-14)42-13-16-12-41-25-20(24(36)33(25)21(16)26(37)38)29-23(35)19(15-8-4-3-5-9-15)28-22(34)17-10-6-7-11-18(17)32-44(2,39)40/h3-11,19-20,25,32H,12-13H2,1-2H3,(H,28,34)(H,29,35)(H,37,38)/t19-,20?,25-/m0/s1. The number of fused-ring (bicyclic) bond motifs is 1. The monoisotopic (exact) mass is 674 g/mol. The summed E-state index contributed by atoms with van der Waals surface area (Å²) < 4.78 is 26.6. The van der Waals surface area contributed by atoms with Crippen LogP contribution in [0.2, 0.25) is 0 Å². The van der Waals surface area contributed by atoms with E-state index in [0.29, 0.717) is 27.0 Å². The number of hydrogen-bond acceptors (Lipinski definition) is 11. The minimum Gasteiger partial charge on any atom is -0.477 e. The summed E-state index contributed by atoms with van der Waals surface area (Å²) in [5.41, 5.74) is 0.896. The van der Waals surface area contributed by atoms with E-state index in [1.807, 2.05) is 6.92 Å². The van der Waals surface area contributed by atoms with Gasteiger partial charge in [-0.2, -0.15) is 0 Å². The Kier molecular flexibility index (Phi) is 9.28. The summed E-state index contributed by atoms with van der Waals surface area (Å²) in [7, 11) is -3.70. The third-order valence-electron chi connectivity index (χ3n) is 6.56. The number of aromatic nitrogens is 2. The molecule has 3 amide bonds. The van der Waals surface area contributed by atoms with Gasteiger partial charge < -0.3 is 15.7 Å². The SMILES string of the molecule is Cc1nnc(SCC2=C(C(=O)O)N3C(=O)C(NC(=O)[C@@H](NC(=O)c4ccccc4NS(C)(=O)=O)c4ccccc4)[C@@H]3SC2)s1. The van der Waals surface area contributed by atoms with Crippen molar-refractivity contribution in [3.8, 4) is 0 Å². The number of aryl methyl sites for hydroxylation is 1. The van der Waals surface area contributed by atoms with Gasteiger partial charge >= 0.3 is 5.97 Å². The molecule has 0 spiro atoms. The lowest BCUT2D eigenvalue weighted by Gasteiger charge is -2.49. The number of amides is 3. The van der Waals surface area contributed by atoms with E-state index in [0.717, 1.165) is 11.3 Å². The number of benzene rings is 2. The van der Waals surface area contributed by atoms with E-state index in [9.17, 15) is 32.7 Å². The molecule has 3 aromatic rings. The molecule has 1 aromatic heterocycles. The minimum absolute atomic E-state index is 0.00860. The molecule has 3 heterocycles. The highest BCUT2D eigenvalue weighted by molar-refractivity contribution is 8.01. The Bertz CT molecular complexity index is 1760. The van der Waals surface area contributed by atoms with Crippen molar-refractivity contribution < 1.29 is 32.7 Å². The van der Waals surface area contributed by atoms with Crippen LogP contribution < -0.4 is 15.4 Å². The summed E-state index contributed by atoms with van der Waals surface area (Å²) in [5.74, 6) is -2.59. The van der Waals surface area contributed by atoms with Crippen molar-refractivity contribution in [2.24, 2.45) is 0 Å². The number of thioether (sulfide) groups is 2. The Labute approximate surface area is 264 Å². The quantitative estimate of drug-likeness (QED) is 0.173. The molecule has 0 radical (unpaired) electrons. The first-order chi connectivity index (χ1) is 20.9. The van der Waals surface area contributed by atoms with E-state index in [1.54, 1.807) is 42.5 Å². The lowest BCUT2D eigenvalue weighted by molar-refractivity contribution is -0.151. The summed E-state index contributed by atoms with van der Waals surface area (Å²) in [5, 5.41) is 23.5. The Balaban J connectivity index is 1.33. The number of carbonyl (C=O) groups is 4. The van der Waals surface area contributed by atoms with Crippen molar-refractivity contribution in [1.82, 2.24) is 25.7 Å². The van der Waals surface area contributed by atoms with Crippen LogP contribution in [0.3, 0.4) is 0 Å². The molecule has 17 heteroatoms. The van der Waals surface area contributed by atoms with Crippen molar-refractivity contribution in [3.63, 3.8) is 0 Å². The molecular weight excluding hydrogens is 649 g/mol. The number of anilines is 1. The maximum atomic E-state index is 13.6. The van der Waals surface area contributed by atoms with Gasteiger partial charge in [0.2, 0.25) is 15.9 Å². The molecule has 4 N–H and O–H groups in total. The molecule has 0 bridgehead atoms. The molecule has 3 atom stereocenters. The van der Waals surface area contributed by atoms with Crippen molar-refractivity contribution in [1.29, 1.82) is 0 Å². The minimum atomic E-state index is -3.70. The molecule has 1 unspecified atom stereocenters. The maximum Gasteiger partial charge on any atom is 0.352 e. The Morgan fingerprint density at radius 1 is 1.11 bits per heavy atom. The first-order valence-electron chi connectivity index (χ1n) is 13.0. The van der Waals surface area contributed by atoms with E-state index in [-0.39, 0.29) is 16.9 Å². The zero-order valence-corrected chi connectivity index (χ0v) is 26.5. The number of hydrogen-bond donors (Lipinski definition) is 4. The lowest BCUT2D eigenvalue weighted by atomic mass is 10.0. The molecule has 1 fully saturated rings. The molecule has 2 aromatic carbocycles. The normalized spacial score (nSPS) is 18.6. The zero-order valence-electron chi connectivity index (χ0n) is 23.2. The summed E-state index contributed by atoms with van der Waals surface area (Å²) in [6.07, 6.45) is 0.954. The average Bonchev–Trinajstić information content (AvgIpc) is 3.41. The van der Waals surface area contributed by atoms with Crippen LogP contribution in [0.1, 0.15) is 27.0 Å². The number of nitrogens with zero attached hydrogens (tertiary/aromatic N) is 3. The number of carboxylic acids is 1. The second-order valence-corrected chi connectivity index (χ2v) is 15.0. The smallest absolute Gasteiger partial charge is 0.352 e. The molecule has 230 valence electrons. The number of rotatable bonds is 11. The van der Waals surface area contributed by atoms with Gasteiger partial charge in [-0.05, 0) is 30.2 Å². The van der Waals surface area contributed by atoms with Crippen molar-refractivity contribution in [2.45, 2.75) is 28.7 Å². The first kappa shape index (κ1) is 31.5. The van der Waals surface area contributed by atoms with Gasteiger partial charge in [-0.15, -0.1) is 22.0 Å². The van der Waals surface area contributed by atoms with Gasteiger partial charge in [0.15, 0.2) is 4.34 Å². The maximum absolute atomic E-state index is 13.6. The molecule has 5 rings (SSSR count). The second kappa shape index (κ2) is 13.0. The van der Waals surface area contributed by atoms with Crippen LogP contribution in [0.5, 0.6) is 0 Å². The van der Waals surface area contributed by atoms with E-state index < -0.39 is 51.2 Å². The summed E-state index contributed by atoms with van der Waals surface area (Å²) >= 11 is 4.07. The molecule has 0 saturated carbocycles. The molecule has 1 saturated heterocycles. The number of para-hydroxylation sites is 1. The molecule has 44 heavy (non-hydrogen) atoms. The average molecular weight is 675 g/mol. The number of sulfonamides is 1. The molecular formula is C27H26N6O7S4. The largest absolute Gasteiger partial charge is 0.477 e. The number of β-lactam (4-membered cyclic amide) rings is 1. The van der Waals surface area contributed by atoms with E-state index in [2.05, 4.69) is 25.6 Å². The van der Waals surface area contributed by atoms with Crippen LogP contribution in [-0.2, 0) is 24.4 Å². The van der Waals surface area contributed by atoms with Crippen LogP contribution in [-0.4, -0.2) is 81.5 Å². The van der Waals surface area contributed by atoms with E-state index in [4.69, 9.17) is 0 Å². The van der Waals surface area contributed by atoms with Crippen molar-refractivity contribution >= 4 is 74.3 Å². The Morgan fingerprint density at radius 3 is 2.48 bits per heavy atom. The third-order valence-corrected chi connectivity index (χ3v) is 10.6. The molecule has 2 aliphatic rings. The summed E-state index contributed by atoms with van der Waals surface area (Å²) in [6, 6.07) is 12.0.